The van der Waals surface area contributed by atoms with Crippen molar-refractivity contribution in [1.29, 1.82) is 0 Å². The number of halogens is 4. The number of hydrogen-bond acceptors (Lipinski definition) is 2. The molecule has 0 aliphatic carbocycles. The third-order valence-electron chi connectivity index (χ3n) is 4.20. The number of guanidine groups is 1. The van der Waals surface area contributed by atoms with Crippen LogP contribution in [0.2, 0.25) is 0 Å². The van der Waals surface area contributed by atoms with Crippen LogP contribution in [0.25, 0.3) is 0 Å². The Hall–Kier alpha value is -1.84. The van der Waals surface area contributed by atoms with Gasteiger partial charge in [0, 0.05) is 25.5 Å². The number of hydrogen-bond donors (Lipinski definition) is 2. The van der Waals surface area contributed by atoms with Crippen molar-refractivity contribution in [2.75, 3.05) is 13.1 Å². The zero-order valence-electron chi connectivity index (χ0n) is 16.2. The lowest BCUT2D eigenvalue weighted by Gasteiger charge is -2.19. The Balaban J connectivity index is 0.00000392. The van der Waals surface area contributed by atoms with Crippen molar-refractivity contribution in [3.05, 3.63) is 65.0 Å². The standard InChI is InChI=1S/C20H25F3N4.HI/c1-4-25-19(26-11-9-16-8-10-24-13-14(16)2)27-15(3)17-6-5-7-18(12-17)20(21,22)23;/h5-8,10,12-13,15H,4,9,11H2,1-3H3,(H2,25,26,27);1H. The summed E-state index contributed by atoms with van der Waals surface area (Å²) in [5, 5.41) is 6.31. The number of pyridine rings is 1. The number of aromatic nitrogens is 1. The van der Waals surface area contributed by atoms with Crippen LogP contribution in [0.4, 0.5) is 13.2 Å². The Morgan fingerprint density at radius 3 is 2.64 bits per heavy atom. The van der Waals surface area contributed by atoms with Crippen LogP contribution in [-0.2, 0) is 12.6 Å². The van der Waals surface area contributed by atoms with Gasteiger partial charge in [-0.1, -0.05) is 12.1 Å². The maximum Gasteiger partial charge on any atom is 0.416 e. The smallest absolute Gasteiger partial charge is 0.357 e. The molecule has 2 N–H and O–H groups in total. The summed E-state index contributed by atoms with van der Waals surface area (Å²) in [6, 6.07) is 7.00. The second kappa shape index (κ2) is 11.2. The van der Waals surface area contributed by atoms with Crippen molar-refractivity contribution in [2.24, 2.45) is 4.99 Å². The van der Waals surface area contributed by atoms with Gasteiger partial charge in [-0.25, -0.2) is 0 Å². The van der Waals surface area contributed by atoms with Crippen LogP contribution in [0, 0.1) is 6.92 Å². The highest BCUT2D eigenvalue weighted by molar-refractivity contribution is 14.0. The number of aliphatic imine (C=N–C) groups is 1. The first-order valence-corrected chi connectivity index (χ1v) is 8.92. The van der Waals surface area contributed by atoms with Crippen molar-refractivity contribution in [1.82, 2.24) is 15.6 Å². The van der Waals surface area contributed by atoms with Crippen molar-refractivity contribution in [2.45, 2.75) is 39.4 Å². The SMILES string of the molecule is CCNC(=NCCc1ccncc1C)NC(C)c1cccc(C(F)(F)F)c1.I. The van der Waals surface area contributed by atoms with Gasteiger partial charge in [0.2, 0.25) is 0 Å². The summed E-state index contributed by atoms with van der Waals surface area (Å²) in [6.07, 6.45) is -0.0109. The fourth-order valence-electron chi connectivity index (χ4n) is 2.66. The van der Waals surface area contributed by atoms with E-state index in [1.54, 1.807) is 12.3 Å². The van der Waals surface area contributed by atoms with Gasteiger partial charge in [0.05, 0.1) is 11.6 Å². The molecule has 0 saturated heterocycles. The summed E-state index contributed by atoms with van der Waals surface area (Å²) >= 11 is 0. The first kappa shape index (κ1) is 24.2. The summed E-state index contributed by atoms with van der Waals surface area (Å²) < 4.78 is 38.7. The summed E-state index contributed by atoms with van der Waals surface area (Å²) in [7, 11) is 0. The molecule has 0 bridgehead atoms. The maximum absolute atomic E-state index is 12.9. The molecule has 1 aromatic carbocycles. The fourth-order valence-corrected chi connectivity index (χ4v) is 2.66. The lowest BCUT2D eigenvalue weighted by atomic mass is 10.1. The Kier molecular flexibility index (Phi) is 9.71. The molecule has 1 aromatic heterocycles. The third-order valence-corrected chi connectivity index (χ3v) is 4.20. The van der Waals surface area contributed by atoms with Gasteiger partial charge in [-0.05, 0) is 62.1 Å². The number of nitrogens with one attached hydrogen (secondary N) is 2. The predicted octanol–water partition coefficient (Wildman–Crippen LogP) is 4.89. The molecule has 8 heteroatoms. The minimum Gasteiger partial charge on any atom is -0.357 e. The normalized spacial score (nSPS) is 12.9. The van der Waals surface area contributed by atoms with Gasteiger partial charge < -0.3 is 10.6 Å². The molecule has 154 valence electrons. The quantitative estimate of drug-likeness (QED) is 0.334. The summed E-state index contributed by atoms with van der Waals surface area (Å²) in [5.74, 6) is 0.578. The van der Waals surface area contributed by atoms with Gasteiger partial charge in [-0.15, -0.1) is 24.0 Å². The van der Waals surface area contributed by atoms with Gasteiger partial charge in [-0.3, -0.25) is 9.98 Å². The molecule has 0 fully saturated rings. The van der Waals surface area contributed by atoms with Crippen molar-refractivity contribution in [3.63, 3.8) is 0 Å². The monoisotopic (exact) mass is 506 g/mol. The molecule has 0 amide bonds. The summed E-state index contributed by atoms with van der Waals surface area (Å²) in [6.45, 7) is 6.99. The topological polar surface area (TPSA) is 49.3 Å². The zero-order chi connectivity index (χ0) is 19.9. The number of nitrogens with zero attached hydrogens (tertiary/aromatic N) is 2. The minimum atomic E-state index is -4.35. The van der Waals surface area contributed by atoms with Gasteiger partial charge in [-0.2, -0.15) is 13.2 Å². The van der Waals surface area contributed by atoms with Crippen LogP contribution in [0.5, 0.6) is 0 Å². The van der Waals surface area contributed by atoms with Gasteiger partial charge in [0.1, 0.15) is 0 Å². The lowest BCUT2D eigenvalue weighted by Crippen LogP contribution is -2.39. The summed E-state index contributed by atoms with van der Waals surface area (Å²) in [4.78, 5) is 8.61. The second-order valence-electron chi connectivity index (χ2n) is 6.30. The van der Waals surface area contributed by atoms with E-state index < -0.39 is 11.7 Å². The molecule has 2 aromatic rings. The van der Waals surface area contributed by atoms with E-state index in [1.165, 1.54) is 17.7 Å². The van der Waals surface area contributed by atoms with E-state index in [-0.39, 0.29) is 30.0 Å². The van der Waals surface area contributed by atoms with Crippen molar-refractivity contribution < 1.29 is 13.2 Å². The molecule has 0 aliphatic rings. The van der Waals surface area contributed by atoms with Gasteiger partial charge in [0.25, 0.3) is 0 Å². The Morgan fingerprint density at radius 2 is 2.00 bits per heavy atom. The average molecular weight is 506 g/mol. The van der Waals surface area contributed by atoms with E-state index >= 15 is 0 Å². The van der Waals surface area contributed by atoms with Crippen LogP contribution >= 0.6 is 24.0 Å². The molecule has 28 heavy (non-hydrogen) atoms. The molecule has 4 nitrogen and oxygen atoms in total. The van der Waals surface area contributed by atoms with E-state index in [0.29, 0.717) is 24.6 Å². The molecule has 2 rings (SSSR count). The molecule has 1 unspecified atom stereocenters. The van der Waals surface area contributed by atoms with E-state index in [0.717, 1.165) is 18.1 Å². The van der Waals surface area contributed by atoms with Crippen LogP contribution in [-0.4, -0.2) is 24.0 Å². The fraction of sp³-hybridized carbons (Fsp3) is 0.400. The summed E-state index contributed by atoms with van der Waals surface area (Å²) in [5.41, 5.74) is 2.20. The number of rotatable bonds is 6. The molecule has 0 radical (unpaired) electrons. The molecule has 1 atom stereocenters. The largest absolute Gasteiger partial charge is 0.416 e. The minimum absolute atomic E-state index is 0. The van der Waals surface area contributed by atoms with Crippen LogP contribution in [0.15, 0.2) is 47.7 Å². The Morgan fingerprint density at radius 1 is 1.25 bits per heavy atom. The highest BCUT2D eigenvalue weighted by Crippen LogP contribution is 2.30. The Bertz CT molecular complexity index is 778. The predicted molar refractivity (Wildman–Crippen MR) is 117 cm³/mol. The molecular formula is C20H26F3IN4. The van der Waals surface area contributed by atoms with E-state index in [9.17, 15) is 13.2 Å². The number of aryl methyl sites for hydroxylation is 1. The van der Waals surface area contributed by atoms with Crippen molar-refractivity contribution in [3.8, 4) is 0 Å². The Labute approximate surface area is 181 Å². The van der Waals surface area contributed by atoms with Crippen LogP contribution in [0.3, 0.4) is 0 Å². The third kappa shape index (κ3) is 7.29. The molecule has 1 heterocycles. The van der Waals surface area contributed by atoms with E-state index in [1.807, 2.05) is 33.0 Å². The van der Waals surface area contributed by atoms with E-state index in [2.05, 4.69) is 20.6 Å². The van der Waals surface area contributed by atoms with E-state index in [4.69, 9.17) is 0 Å². The number of alkyl halides is 3. The molecule has 0 spiro atoms. The van der Waals surface area contributed by atoms with Gasteiger partial charge >= 0.3 is 6.18 Å². The zero-order valence-corrected chi connectivity index (χ0v) is 18.5. The lowest BCUT2D eigenvalue weighted by molar-refractivity contribution is -0.137. The van der Waals surface area contributed by atoms with Crippen LogP contribution in [0.1, 0.15) is 42.1 Å². The molecule has 0 saturated carbocycles. The number of benzene rings is 1. The van der Waals surface area contributed by atoms with Gasteiger partial charge in [0.15, 0.2) is 5.96 Å². The molecule has 0 aliphatic heterocycles. The first-order valence-electron chi connectivity index (χ1n) is 8.92. The highest BCUT2D eigenvalue weighted by atomic mass is 127. The maximum atomic E-state index is 12.9. The van der Waals surface area contributed by atoms with Crippen LogP contribution < -0.4 is 10.6 Å². The van der Waals surface area contributed by atoms with Crippen molar-refractivity contribution >= 4 is 29.9 Å². The molecular weight excluding hydrogens is 480 g/mol. The first-order chi connectivity index (χ1) is 12.8. The highest BCUT2D eigenvalue weighted by Gasteiger charge is 2.30. The second-order valence-corrected chi connectivity index (χ2v) is 6.30. The average Bonchev–Trinajstić information content (AvgIpc) is 2.63.